The fourth-order valence-corrected chi connectivity index (χ4v) is 1.17. The number of hydrogen-bond donors (Lipinski definition) is 1. The number of esters is 1. The van der Waals surface area contributed by atoms with Crippen molar-refractivity contribution in [3.63, 3.8) is 0 Å². The summed E-state index contributed by atoms with van der Waals surface area (Å²) in [4.78, 5) is 13.1. The highest BCUT2D eigenvalue weighted by molar-refractivity contribution is 5.88. The molecule has 0 unspecified atom stereocenters. The zero-order valence-corrected chi connectivity index (χ0v) is 9.12. The molecule has 1 aliphatic rings. The van der Waals surface area contributed by atoms with E-state index in [1.54, 1.807) is 6.92 Å². The number of methoxy groups -OCH3 is 1. The second-order valence-corrected chi connectivity index (χ2v) is 3.06. The molecule has 1 N–H and O–H groups in total. The van der Waals surface area contributed by atoms with Gasteiger partial charge in [0.1, 0.15) is 0 Å². The number of hydrogen-bond acceptors (Lipinski definition) is 4. The molecule has 0 aliphatic carbocycles. The summed E-state index contributed by atoms with van der Waals surface area (Å²) in [6.07, 6.45) is 2.90. The second-order valence-electron chi connectivity index (χ2n) is 3.06. The Balaban J connectivity index is 0.000000500. The molecule has 1 heterocycles. The molecule has 0 aromatic heterocycles. The highest BCUT2D eigenvalue weighted by atomic mass is 16.5. The maximum absolute atomic E-state index is 11.0. The fourth-order valence-electron chi connectivity index (χ4n) is 1.17. The number of ether oxygens (including phenoxy) is 1. The Morgan fingerprint density at radius 1 is 1.71 bits per heavy atom. The summed E-state index contributed by atoms with van der Waals surface area (Å²) in [7, 11) is 3.41. The van der Waals surface area contributed by atoms with Gasteiger partial charge < -0.3 is 14.7 Å². The molecule has 0 amide bonds. The summed E-state index contributed by atoms with van der Waals surface area (Å²) in [6.45, 7) is 3.67. The predicted molar refractivity (Wildman–Crippen MR) is 55.0 cm³/mol. The summed E-state index contributed by atoms with van der Waals surface area (Å²) in [5.74, 6) is -0.198. The zero-order valence-electron chi connectivity index (χ0n) is 9.12. The Labute approximate surface area is 85.2 Å². The lowest BCUT2D eigenvalue weighted by atomic mass is 10.1. The van der Waals surface area contributed by atoms with Crippen LogP contribution in [0.4, 0.5) is 0 Å². The first-order valence-electron chi connectivity index (χ1n) is 4.72. The molecule has 0 spiro atoms. The summed E-state index contributed by atoms with van der Waals surface area (Å²) < 4.78 is 4.60. The Hall–Kier alpha value is -0.870. The van der Waals surface area contributed by atoms with Crippen molar-refractivity contribution >= 4 is 5.97 Å². The van der Waals surface area contributed by atoms with Gasteiger partial charge in [-0.1, -0.05) is 6.08 Å². The van der Waals surface area contributed by atoms with Crippen molar-refractivity contribution in [2.45, 2.75) is 13.3 Å². The molecule has 1 rings (SSSR count). The van der Waals surface area contributed by atoms with Crippen LogP contribution in [0.3, 0.4) is 0 Å². The Bertz CT molecular complexity index is 202. The second kappa shape index (κ2) is 7.53. The van der Waals surface area contributed by atoms with E-state index in [4.69, 9.17) is 5.11 Å². The topological polar surface area (TPSA) is 49.8 Å². The molecule has 4 heteroatoms. The van der Waals surface area contributed by atoms with Crippen LogP contribution in [0, 0.1) is 0 Å². The van der Waals surface area contributed by atoms with Gasteiger partial charge in [-0.05, 0) is 20.4 Å². The van der Waals surface area contributed by atoms with E-state index in [2.05, 4.69) is 9.64 Å². The van der Waals surface area contributed by atoms with Crippen LogP contribution in [0.15, 0.2) is 11.6 Å². The monoisotopic (exact) mass is 201 g/mol. The van der Waals surface area contributed by atoms with Crippen molar-refractivity contribution in [2.75, 3.05) is 33.9 Å². The third-order valence-corrected chi connectivity index (χ3v) is 1.79. The minimum absolute atomic E-state index is 0.198. The molecular formula is C10H19NO3. The molecule has 82 valence electrons. The fraction of sp³-hybridized carbons (Fsp3) is 0.700. The quantitative estimate of drug-likeness (QED) is 0.625. The number of nitrogens with zero attached hydrogens (tertiary/aromatic N) is 1. The van der Waals surface area contributed by atoms with Crippen molar-refractivity contribution < 1.29 is 14.6 Å². The molecule has 0 fully saturated rings. The van der Waals surface area contributed by atoms with Crippen LogP contribution in [0.5, 0.6) is 0 Å². The lowest BCUT2D eigenvalue weighted by Gasteiger charge is -2.21. The molecule has 0 bridgehead atoms. The largest absolute Gasteiger partial charge is 0.466 e. The lowest BCUT2D eigenvalue weighted by Crippen LogP contribution is -2.28. The first-order chi connectivity index (χ1) is 6.65. The molecule has 0 saturated heterocycles. The van der Waals surface area contributed by atoms with Crippen molar-refractivity contribution in [2.24, 2.45) is 0 Å². The van der Waals surface area contributed by atoms with E-state index in [-0.39, 0.29) is 12.6 Å². The molecule has 4 nitrogen and oxygen atoms in total. The Morgan fingerprint density at radius 3 is 2.71 bits per heavy atom. The average Bonchev–Trinajstić information content (AvgIpc) is 2.18. The molecule has 14 heavy (non-hydrogen) atoms. The molecule has 1 aliphatic heterocycles. The number of likely N-dealkylation sites (N-methyl/N-ethyl adjacent to an activating group) is 1. The Kier molecular flexibility index (Phi) is 7.06. The zero-order chi connectivity index (χ0) is 11.0. The van der Waals surface area contributed by atoms with E-state index < -0.39 is 0 Å². The number of aliphatic hydroxyl groups is 1. The minimum atomic E-state index is -0.198. The van der Waals surface area contributed by atoms with E-state index in [9.17, 15) is 4.79 Å². The minimum Gasteiger partial charge on any atom is -0.466 e. The highest BCUT2D eigenvalue weighted by Crippen LogP contribution is 2.08. The predicted octanol–water partition coefficient (Wildman–Crippen LogP) is 0.420. The number of carbonyl (C=O) groups is 1. The smallest absolute Gasteiger partial charge is 0.334 e. The van der Waals surface area contributed by atoms with E-state index in [1.165, 1.54) is 7.11 Å². The van der Waals surface area contributed by atoms with E-state index >= 15 is 0 Å². The maximum Gasteiger partial charge on any atom is 0.334 e. The molecule has 0 saturated carbocycles. The maximum atomic E-state index is 11.0. The van der Waals surface area contributed by atoms with Gasteiger partial charge in [-0.15, -0.1) is 0 Å². The first-order valence-corrected chi connectivity index (χ1v) is 4.72. The lowest BCUT2D eigenvalue weighted by molar-refractivity contribution is -0.136. The summed E-state index contributed by atoms with van der Waals surface area (Å²) >= 11 is 0. The van der Waals surface area contributed by atoms with Crippen LogP contribution in [-0.2, 0) is 9.53 Å². The SMILES string of the molecule is CCO.COC(=O)C1=CCCN(C)C1. The normalized spacial score (nSPS) is 16.4. The van der Waals surface area contributed by atoms with Crippen LogP contribution in [0.2, 0.25) is 0 Å². The molecule has 0 aromatic rings. The average molecular weight is 201 g/mol. The van der Waals surface area contributed by atoms with Crippen molar-refractivity contribution in [3.8, 4) is 0 Å². The highest BCUT2D eigenvalue weighted by Gasteiger charge is 2.14. The summed E-state index contributed by atoms with van der Waals surface area (Å²) in [5, 5.41) is 7.57. The number of rotatable bonds is 1. The van der Waals surface area contributed by atoms with Gasteiger partial charge in [0.2, 0.25) is 0 Å². The van der Waals surface area contributed by atoms with Crippen LogP contribution in [0.1, 0.15) is 13.3 Å². The Morgan fingerprint density at radius 2 is 2.29 bits per heavy atom. The van der Waals surface area contributed by atoms with Crippen LogP contribution in [0.25, 0.3) is 0 Å². The third-order valence-electron chi connectivity index (χ3n) is 1.79. The first kappa shape index (κ1) is 13.1. The molecule has 0 radical (unpaired) electrons. The summed E-state index contributed by atoms with van der Waals surface area (Å²) in [6, 6.07) is 0. The van der Waals surface area contributed by atoms with Gasteiger partial charge in [0.15, 0.2) is 0 Å². The van der Waals surface area contributed by atoms with Crippen molar-refractivity contribution in [1.29, 1.82) is 0 Å². The van der Waals surface area contributed by atoms with E-state index in [0.29, 0.717) is 6.54 Å². The van der Waals surface area contributed by atoms with Crippen LogP contribution >= 0.6 is 0 Å². The van der Waals surface area contributed by atoms with Crippen LogP contribution < -0.4 is 0 Å². The van der Waals surface area contributed by atoms with Gasteiger partial charge >= 0.3 is 5.97 Å². The van der Waals surface area contributed by atoms with Gasteiger partial charge in [-0.25, -0.2) is 4.79 Å². The van der Waals surface area contributed by atoms with E-state index in [0.717, 1.165) is 18.5 Å². The molecule has 0 atom stereocenters. The van der Waals surface area contributed by atoms with Gasteiger partial charge in [0.25, 0.3) is 0 Å². The van der Waals surface area contributed by atoms with Crippen molar-refractivity contribution in [3.05, 3.63) is 11.6 Å². The van der Waals surface area contributed by atoms with E-state index in [1.807, 2.05) is 13.1 Å². The summed E-state index contributed by atoms with van der Waals surface area (Å²) in [5.41, 5.74) is 0.779. The van der Waals surface area contributed by atoms with Gasteiger partial charge in [-0.3, -0.25) is 0 Å². The van der Waals surface area contributed by atoms with Crippen molar-refractivity contribution in [1.82, 2.24) is 4.90 Å². The molecular weight excluding hydrogens is 182 g/mol. The number of aliphatic hydroxyl groups excluding tert-OH is 1. The van der Waals surface area contributed by atoms with Gasteiger partial charge in [-0.2, -0.15) is 0 Å². The standard InChI is InChI=1S/C8H13NO2.C2H6O/c1-9-5-3-4-7(6-9)8(10)11-2;1-2-3/h4H,3,5-6H2,1-2H3;3H,2H2,1H3. The third kappa shape index (κ3) is 4.99. The molecule has 0 aromatic carbocycles. The number of carbonyl (C=O) groups excluding carboxylic acids is 1. The van der Waals surface area contributed by atoms with Gasteiger partial charge in [0, 0.05) is 25.3 Å². The van der Waals surface area contributed by atoms with Gasteiger partial charge in [0.05, 0.1) is 7.11 Å². The van der Waals surface area contributed by atoms with Crippen LogP contribution in [-0.4, -0.2) is 49.8 Å².